The normalized spacial score (nSPS) is 17.9. The summed E-state index contributed by atoms with van der Waals surface area (Å²) in [6.07, 6.45) is 2.60. The Morgan fingerprint density at radius 3 is 2.89 bits per heavy atom. The highest BCUT2D eigenvalue weighted by molar-refractivity contribution is 7.99. The minimum absolute atomic E-state index is 0.0121. The van der Waals surface area contributed by atoms with Gasteiger partial charge < -0.3 is 9.72 Å². The van der Waals surface area contributed by atoms with Gasteiger partial charge >= 0.3 is 6.09 Å². The van der Waals surface area contributed by atoms with Crippen LogP contribution in [0.5, 0.6) is 0 Å². The molecule has 3 heterocycles. The van der Waals surface area contributed by atoms with Gasteiger partial charge in [-0.2, -0.15) is 0 Å². The zero-order valence-corrected chi connectivity index (χ0v) is 17.2. The standard InChI is InChI=1S/C18H23ClN4O3S/c1-18(2,3)26-17(25)23-9-5-4-6-14(23)27-10-13-21-15-11(16(24)22-13)7-8-12(19)20-15/h7-8,14H,4-6,9-10H2,1-3H3,(H,20,21,22,24). The second-order valence-corrected chi connectivity index (χ2v) is 9.01. The van der Waals surface area contributed by atoms with Crippen LogP contribution in [-0.4, -0.2) is 43.5 Å². The van der Waals surface area contributed by atoms with Gasteiger partial charge in [-0.3, -0.25) is 9.69 Å². The van der Waals surface area contributed by atoms with Gasteiger partial charge in [0.2, 0.25) is 0 Å². The van der Waals surface area contributed by atoms with Crippen LogP contribution in [0.25, 0.3) is 11.0 Å². The molecule has 0 spiro atoms. The van der Waals surface area contributed by atoms with Crippen molar-refractivity contribution in [3.8, 4) is 0 Å². The molecule has 1 aliphatic rings. The predicted octanol–water partition coefficient (Wildman–Crippen LogP) is 3.95. The first kappa shape index (κ1) is 19.9. The number of ether oxygens (including phenoxy) is 1. The number of thioether (sulfide) groups is 1. The number of hydrogen-bond acceptors (Lipinski definition) is 6. The molecule has 0 bridgehead atoms. The molecule has 3 rings (SSSR count). The van der Waals surface area contributed by atoms with Crippen LogP contribution in [0.15, 0.2) is 16.9 Å². The van der Waals surface area contributed by atoms with Crippen molar-refractivity contribution in [2.24, 2.45) is 0 Å². The monoisotopic (exact) mass is 410 g/mol. The van der Waals surface area contributed by atoms with Crippen LogP contribution in [0.3, 0.4) is 0 Å². The molecule has 7 nitrogen and oxygen atoms in total. The van der Waals surface area contributed by atoms with E-state index in [1.807, 2.05) is 20.8 Å². The first-order valence-corrected chi connectivity index (χ1v) is 10.3. The Hall–Kier alpha value is -1.80. The van der Waals surface area contributed by atoms with Gasteiger partial charge in [0.25, 0.3) is 5.56 Å². The summed E-state index contributed by atoms with van der Waals surface area (Å²) in [5, 5.41) is 0.686. The smallest absolute Gasteiger partial charge is 0.411 e. The number of piperidine rings is 1. The molecule has 1 atom stereocenters. The van der Waals surface area contributed by atoms with Crippen molar-refractivity contribution in [2.45, 2.75) is 56.8 Å². The zero-order chi connectivity index (χ0) is 19.6. The molecule has 1 unspecified atom stereocenters. The highest BCUT2D eigenvalue weighted by atomic mass is 35.5. The maximum atomic E-state index is 12.5. The molecule has 0 aromatic carbocycles. The number of likely N-dealkylation sites (tertiary alicyclic amines) is 1. The number of fused-ring (bicyclic) bond motifs is 1. The van der Waals surface area contributed by atoms with Crippen molar-refractivity contribution in [1.29, 1.82) is 0 Å². The Kier molecular flexibility index (Phi) is 5.95. The number of aromatic amines is 1. The molecular weight excluding hydrogens is 388 g/mol. The van der Waals surface area contributed by atoms with Crippen LogP contribution < -0.4 is 5.56 Å². The van der Waals surface area contributed by atoms with Crippen molar-refractivity contribution in [1.82, 2.24) is 19.9 Å². The van der Waals surface area contributed by atoms with E-state index in [4.69, 9.17) is 16.3 Å². The van der Waals surface area contributed by atoms with E-state index < -0.39 is 5.60 Å². The number of halogens is 1. The van der Waals surface area contributed by atoms with Crippen molar-refractivity contribution in [3.63, 3.8) is 0 Å². The number of carbonyl (C=O) groups is 1. The molecule has 1 fully saturated rings. The molecule has 1 saturated heterocycles. The van der Waals surface area contributed by atoms with E-state index in [1.165, 1.54) is 0 Å². The number of hydrogen-bond donors (Lipinski definition) is 1. The number of nitrogens with zero attached hydrogens (tertiary/aromatic N) is 3. The molecule has 1 N–H and O–H groups in total. The van der Waals surface area contributed by atoms with E-state index in [-0.39, 0.29) is 17.0 Å². The van der Waals surface area contributed by atoms with Gasteiger partial charge in [0.05, 0.1) is 16.5 Å². The van der Waals surface area contributed by atoms with Gasteiger partial charge in [-0.1, -0.05) is 11.6 Å². The molecule has 0 aliphatic carbocycles. The number of aromatic nitrogens is 3. The van der Waals surface area contributed by atoms with Crippen LogP contribution in [0.1, 0.15) is 45.9 Å². The molecule has 0 saturated carbocycles. The van der Waals surface area contributed by atoms with E-state index in [0.29, 0.717) is 34.3 Å². The summed E-state index contributed by atoms with van der Waals surface area (Å²) in [6.45, 7) is 6.25. The Labute approximate surface area is 166 Å². The lowest BCUT2D eigenvalue weighted by Gasteiger charge is -2.36. The number of H-pyrrole nitrogens is 1. The predicted molar refractivity (Wildman–Crippen MR) is 107 cm³/mol. The fourth-order valence-electron chi connectivity index (χ4n) is 2.89. The lowest BCUT2D eigenvalue weighted by molar-refractivity contribution is 0.0186. The first-order valence-electron chi connectivity index (χ1n) is 8.89. The van der Waals surface area contributed by atoms with E-state index in [2.05, 4.69) is 15.0 Å². The fraction of sp³-hybridized carbons (Fsp3) is 0.556. The lowest BCUT2D eigenvalue weighted by Crippen LogP contribution is -2.44. The summed E-state index contributed by atoms with van der Waals surface area (Å²) in [5.41, 5.74) is -0.443. The minimum Gasteiger partial charge on any atom is -0.444 e. The maximum absolute atomic E-state index is 12.5. The Bertz CT molecular complexity index is 896. The summed E-state index contributed by atoms with van der Waals surface area (Å²) in [4.78, 5) is 37.8. The van der Waals surface area contributed by atoms with Crippen LogP contribution in [0, 0.1) is 0 Å². The molecule has 9 heteroatoms. The van der Waals surface area contributed by atoms with Gasteiger partial charge in [-0.05, 0) is 52.2 Å². The molecule has 2 aromatic rings. The largest absolute Gasteiger partial charge is 0.444 e. The zero-order valence-electron chi connectivity index (χ0n) is 15.6. The van der Waals surface area contributed by atoms with Crippen LogP contribution in [-0.2, 0) is 10.5 Å². The van der Waals surface area contributed by atoms with Crippen molar-refractivity contribution < 1.29 is 9.53 Å². The minimum atomic E-state index is -0.528. The molecule has 1 amide bonds. The van der Waals surface area contributed by atoms with Gasteiger partial charge in [0.1, 0.15) is 16.6 Å². The number of nitrogens with one attached hydrogen (secondary N) is 1. The third-order valence-corrected chi connectivity index (χ3v) is 5.60. The number of amides is 1. The van der Waals surface area contributed by atoms with Gasteiger partial charge in [0, 0.05) is 6.54 Å². The highest BCUT2D eigenvalue weighted by Gasteiger charge is 2.30. The van der Waals surface area contributed by atoms with Crippen molar-refractivity contribution >= 4 is 40.5 Å². The third-order valence-electron chi connectivity index (χ3n) is 4.07. The summed E-state index contributed by atoms with van der Waals surface area (Å²) >= 11 is 7.47. The molecule has 1 aliphatic heterocycles. The summed E-state index contributed by atoms with van der Waals surface area (Å²) < 4.78 is 5.52. The SMILES string of the molecule is CC(C)(C)OC(=O)N1CCCCC1SCc1nc2nc(Cl)ccc2c(=O)[nH]1. The number of carbonyl (C=O) groups excluding carboxylic acids is 1. The fourth-order valence-corrected chi connectivity index (χ4v) is 4.22. The van der Waals surface area contributed by atoms with Crippen molar-refractivity contribution in [2.75, 3.05) is 6.54 Å². The average molecular weight is 411 g/mol. The quantitative estimate of drug-likeness (QED) is 0.770. The van der Waals surface area contributed by atoms with Gasteiger partial charge in [-0.15, -0.1) is 11.8 Å². The summed E-state index contributed by atoms with van der Waals surface area (Å²) in [7, 11) is 0. The Morgan fingerprint density at radius 1 is 1.37 bits per heavy atom. The first-order chi connectivity index (χ1) is 12.7. The van der Waals surface area contributed by atoms with Crippen molar-refractivity contribution in [3.05, 3.63) is 33.5 Å². The highest BCUT2D eigenvalue weighted by Crippen LogP contribution is 2.29. The van der Waals surface area contributed by atoms with Gasteiger partial charge in [-0.25, -0.2) is 14.8 Å². The molecule has 0 radical (unpaired) electrons. The average Bonchev–Trinajstić information content (AvgIpc) is 2.58. The molecule has 2 aromatic heterocycles. The number of pyridine rings is 1. The Balaban J connectivity index is 1.73. The second-order valence-electron chi connectivity index (χ2n) is 7.45. The molecule has 146 valence electrons. The van der Waals surface area contributed by atoms with E-state index in [0.717, 1.165) is 19.3 Å². The molecule has 27 heavy (non-hydrogen) atoms. The molecular formula is C18H23ClN4O3S. The van der Waals surface area contributed by atoms with E-state index in [9.17, 15) is 9.59 Å². The summed E-state index contributed by atoms with van der Waals surface area (Å²) in [5.74, 6) is 0.977. The second kappa shape index (κ2) is 8.06. The lowest BCUT2D eigenvalue weighted by atomic mass is 10.1. The Morgan fingerprint density at radius 2 is 2.15 bits per heavy atom. The van der Waals surface area contributed by atoms with E-state index in [1.54, 1.807) is 28.8 Å². The van der Waals surface area contributed by atoms with Crippen LogP contribution >= 0.6 is 23.4 Å². The number of rotatable bonds is 3. The van der Waals surface area contributed by atoms with Crippen LogP contribution in [0.4, 0.5) is 4.79 Å². The van der Waals surface area contributed by atoms with Gasteiger partial charge in [0.15, 0.2) is 5.65 Å². The van der Waals surface area contributed by atoms with E-state index >= 15 is 0 Å². The maximum Gasteiger partial charge on any atom is 0.411 e. The van der Waals surface area contributed by atoms with Crippen LogP contribution in [0.2, 0.25) is 5.15 Å². The summed E-state index contributed by atoms with van der Waals surface area (Å²) in [6, 6.07) is 3.18. The third kappa shape index (κ3) is 5.13. The topological polar surface area (TPSA) is 88.2 Å².